The number of nitrogens with zero attached hydrogens (tertiary/aromatic N) is 2. The molecule has 0 unspecified atom stereocenters. The van der Waals surface area contributed by atoms with Crippen molar-refractivity contribution in [1.29, 1.82) is 0 Å². The first kappa shape index (κ1) is 17.2. The normalized spacial score (nSPS) is 11.6. The zero-order valence-corrected chi connectivity index (χ0v) is 14.5. The number of hydrogen-bond acceptors (Lipinski definition) is 7. The first-order chi connectivity index (χ1) is 12.0. The minimum atomic E-state index is -3.75. The maximum atomic E-state index is 12.5. The molecule has 0 amide bonds. The number of aromatic nitrogens is 2. The van der Waals surface area contributed by atoms with E-state index in [0.29, 0.717) is 29.5 Å². The minimum Gasteiger partial charge on any atom is -0.493 e. The van der Waals surface area contributed by atoms with Crippen molar-refractivity contribution in [3.05, 3.63) is 48.2 Å². The third kappa shape index (κ3) is 3.89. The van der Waals surface area contributed by atoms with Crippen molar-refractivity contribution >= 4 is 10.0 Å². The predicted octanol–water partition coefficient (Wildman–Crippen LogP) is 2.52. The minimum absolute atomic E-state index is 0.0531. The molecule has 25 heavy (non-hydrogen) atoms. The van der Waals surface area contributed by atoms with E-state index in [2.05, 4.69) is 14.9 Å². The molecule has 3 rings (SSSR count). The zero-order valence-electron chi connectivity index (χ0n) is 13.7. The van der Waals surface area contributed by atoms with Crippen LogP contribution in [0.3, 0.4) is 0 Å². The molecular formula is C16H17N3O5S. The molecule has 1 aromatic carbocycles. The van der Waals surface area contributed by atoms with Crippen molar-refractivity contribution in [3.8, 4) is 17.2 Å². The van der Waals surface area contributed by atoms with Crippen molar-refractivity contribution < 1.29 is 22.1 Å². The van der Waals surface area contributed by atoms with Crippen LogP contribution in [0.25, 0.3) is 11.5 Å². The molecule has 8 nitrogen and oxygen atoms in total. The Hall–Kier alpha value is -2.65. The number of nitrogens with one attached hydrogen (secondary N) is 1. The lowest BCUT2D eigenvalue weighted by atomic mass is 10.2. The lowest BCUT2D eigenvalue weighted by molar-refractivity contribution is 0.339. The maximum Gasteiger partial charge on any atom is 0.261 e. The van der Waals surface area contributed by atoms with Crippen molar-refractivity contribution in [3.63, 3.8) is 0 Å². The molecule has 0 aliphatic rings. The summed E-state index contributed by atoms with van der Waals surface area (Å²) >= 11 is 0. The fourth-order valence-corrected chi connectivity index (χ4v) is 3.21. The van der Waals surface area contributed by atoms with Crippen LogP contribution >= 0.6 is 0 Å². The van der Waals surface area contributed by atoms with Gasteiger partial charge in [0.2, 0.25) is 10.0 Å². The van der Waals surface area contributed by atoms with Crippen LogP contribution in [0.1, 0.15) is 18.5 Å². The Bertz CT molecular complexity index is 948. The summed E-state index contributed by atoms with van der Waals surface area (Å²) in [5.41, 5.74) is 0.420. The van der Waals surface area contributed by atoms with E-state index in [-0.39, 0.29) is 17.3 Å². The van der Waals surface area contributed by atoms with Crippen LogP contribution in [0.2, 0.25) is 0 Å². The van der Waals surface area contributed by atoms with Gasteiger partial charge in [0.05, 0.1) is 29.9 Å². The van der Waals surface area contributed by atoms with Gasteiger partial charge in [0.25, 0.3) is 5.89 Å². The van der Waals surface area contributed by atoms with Crippen LogP contribution in [-0.2, 0) is 16.6 Å². The number of rotatable bonds is 7. The summed E-state index contributed by atoms with van der Waals surface area (Å²) in [5.74, 6) is 1.63. The molecule has 0 fully saturated rings. The molecule has 0 saturated carbocycles. The molecule has 0 saturated heterocycles. The second-order valence-electron chi connectivity index (χ2n) is 5.14. The van der Waals surface area contributed by atoms with Crippen molar-refractivity contribution in [1.82, 2.24) is 14.9 Å². The van der Waals surface area contributed by atoms with Gasteiger partial charge in [-0.05, 0) is 44.2 Å². The maximum absolute atomic E-state index is 12.5. The van der Waals surface area contributed by atoms with Crippen LogP contribution in [0.4, 0.5) is 0 Å². The van der Waals surface area contributed by atoms with Gasteiger partial charge in [0.15, 0.2) is 5.82 Å². The van der Waals surface area contributed by atoms with E-state index in [1.165, 1.54) is 18.4 Å². The van der Waals surface area contributed by atoms with Gasteiger partial charge < -0.3 is 13.7 Å². The SMILES string of the molecule is CCOc1ccc(S(=O)(=O)NCc2ccco2)cc1-c1nc(C)no1. The summed E-state index contributed by atoms with van der Waals surface area (Å²) in [7, 11) is -3.75. The predicted molar refractivity (Wildman–Crippen MR) is 88.4 cm³/mol. The summed E-state index contributed by atoms with van der Waals surface area (Å²) in [6.45, 7) is 3.98. The zero-order chi connectivity index (χ0) is 17.9. The molecule has 1 N–H and O–H groups in total. The number of ether oxygens (including phenoxy) is 1. The van der Waals surface area contributed by atoms with Gasteiger partial charge in [-0.1, -0.05) is 5.16 Å². The lowest BCUT2D eigenvalue weighted by Gasteiger charge is -2.10. The molecule has 0 aliphatic heterocycles. The summed E-state index contributed by atoms with van der Waals surface area (Å²) in [6.07, 6.45) is 1.48. The first-order valence-corrected chi connectivity index (χ1v) is 9.07. The summed E-state index contributed by atoms with van der Waals surface area (Å²) < 4.78 is 43.3. The van der Waals surface area contributed by atoms with Gasteiger partial charge in [-0.15, -0.1) is 0 Å². The Balaban J connectivity index is 1.93. The Morgan fingerprint density at radius 1 is 1.28 bits per heavy atom. The second-order valence-corrected chi connectivity index (χ2v) is 6.91. The highest BCUT2D eigenvalue weighted by Gasteiger charge is 2.20. The molecule has 132 valence electrons. The highest BCUT2D eigenvalue weighted by Crippen LogP contribution is 2.31. The number of furan rings is 1. The number of aryl methyl sites for hydroxylation is 1. The van der Waals surface area contributed by atoms with Crippen LogP contribution in [0, 0.1) is 6.92 Å². The third-order valence-corrected chi connectivity index (χ3v) is 4.73. The van der Waals surface area contributed by atoms with Crippen molar-refractivity contribution in [2.24, 2.45) is 0 Å². The fraction of sp³-hybridized carbons (Fsp3) is 0.250. The molecule has 0 bridgehead atoms. The van der Waals surface area contributed by atoms with Crippen LogP contribution in [0.15, 0.2) is 50.4 Å². The van der Waals surface area contributed by atoms with E-state index in [0.717, 1.165) is 0 Å². The van der Waals surface area contributed by atoms with Crippen LogP contribution < -0.4 is 9.46 Å². The van der Waals surface area contributed by atoms with E-state index < -0.39 is 10.0 Å². The molecular weight excluding hydrogens is 346 g/mol. The van der Waals surface area contributed by atoms with Crippen LogP contribution in [-0.4, -0.2) is 25.2 Å². The Morgan fingerprint density at radius 2 is 2.12 bits per heavy atom. The molecule has 3 aromatic rings. The van der Waals surface area contributed by atoms with Gasteiger partial charge >= 0.3 is 0 Å². The summed E-state index contributed by atoms with van der Waals surface area (Å²) in [6, 6.07) is 7.86. The standard InChI is InChI=1S/C16H17N3O5S/c1-3-22-15-7-6-13(9-14(15)16-18-11(2)19-24-16)25(20,21)17-10-12-5-4-8-23-12/h4-9,17H,3,10H2,1-2H3. The van der Waals surface area contributed by atoms with Gasteiger partial charge in [-0.2, -0.15) is 4.98 Å². The molecule has 0 spiro atoms. The Morgan fingerprint density at radius 3 is 2.76 bits per heavy atom. The topological polar surface area (TPSA) is 107 Å². The van der Waals surface area contributed by atoms with E-state index in [1.807, 2.05) is 6.92 Å². The average Bonchev–Trinajstić information content (AvgIpc) is 3.25. The van der Waals surface area contributed by atoms with Crippen molar-refractivity contribution in [2.75, 3.05) is 6.61 Å². The molecule has 9 heteroatoms. The highest BCUT2D eigenvalue weighted by atomic mass is 32.2. The Labute approximate surface area is 144 Å². The largest absolute Gasteiger partial charge is 0.493 e. The molecule has 0 aliphatic carbocycles. The van der Waals surface area contributed by atoms with Gasteiger partial charge in [-0.25, -0.2) is 13.1 Å². The number of benzene rings is 1. The lowest BCUT2D eigenvalue weighted by Crippen LogP contribution is -2.23. The molecule has 2 aromatic heterocycles. The summed E-state index contributed by atoms with van der Waals surface area (Å²) in [5, 5.41) is 3.74. The fourth-order valence-electron chi connectivity index (χ4n) is 2.19. The first-order valence-electron chi connectivity index (χ1n) is 7.59. The molecule has 2 heterocycles. The van der Waals surface area contributed by atoms with E-state index in [1.54, 1.807) is 25.1 Å². The smallest absolute Gasteiger partial charge is 0.261 e. The highest BCUT2D eigenvalue weighted by molar-refractivity contribution is 7.89. The molecule has 0 atom stereocenters. The number of hydrogen-bond donors (Lipinski definition) is 1. The van der Waals surface area contributed by atoms with Crippen LogP contribution in [0.5, 0.6) is 5.75 Å². The van der Waals surface area contributed by atoms with Gasteiger partial charge in [-0.3, -0.25) is 0 Å². The molecule has 0 radical (unpaired) electrons. The average molecular weight is 363 g/mol. The second kappa shape index (κ2) is 7.08. The quantitative estimate of drug-likeness (QED) is 0.687. The van der Waals surface area contributed by atoms with E-state index in [9.17, 15) is 8.42 Å². The third-order valence-electron chi connectivity index (χ3n) is 3.34. The Kier molecular flexibility index (Phi) is 4.86. The summed E-state index contributed by atoms with van der Waals surface area (Å²) in [4.78, 5) is 4.21. The van der Waals surface area contributed by atoms with E-state index >= 15 is 0 Å². The monoisotopic (exact) mass is 363 g/mol. The van der Waals surface area contributed by atoms with E-state index in [4.69, 9.17) is 13.7 Å². The van der Waals surface area contributed by atoms with Crippen molar-refractivity contribution in [2.45, 2.75) is 25.3 Å². The number of sulfonamides is 1. The van der Waals surface area contributed by atoms with Gasteiger partial charge in [0, 0.05) is 0 Å². The van der Waals surface area contributed by atoms with Gasteiger partial charge in [0.1, 0.15) is 11.5 Å².